The van der Waals surface area contributed by atoms with Crippen LogP contribution in [0.2, 0.25) is 5.02 Å². The van der Waals surface area contributed by atoms with Gasteiger partial charge in [0.1, 0.15) is 5.69 Å². The minimum Gasteiger partial charge on any atom is -0.381 e. The molecule has 0 spiro atoms. The molecule has 0 bridgehead atoms. The number of ketones is 1. The highest BCUT2D eigenvalue weighted by atomic mass is 35.5. The number of ether oxygens (including phenoxy) is 1. The lowest BCUT2D eigenvalue weighted by molar-refractivity contribution is -0.127. The monoisotopic (exact) mass is 455 g/mol. The van der Waals surface area contributed by atoms with E-state index in [1.807, 2.05) is 30.3 Å². The Labute approximate surface area is 189 Å². The fourth-order valence-electron chi connectivity index (χ4n) is 3.85. The molecule has 1 aliphatic heterocycles. The average molecular weight is 456 g/mol. The Morgan fingerprint density at radius 3 is 2.58 bits per heavy atom. The van der Waals surface area contributed by atoms with Crippen LogP contribution < -0.4 is 5.73 Å². The van der Waals surface area contributed by atoms with Gasteiger partial charge in [-0.15, -0.1) is 0 Å². The van der Waals surface area contributed by atoms with Crippen molar-refractivity contribution < 1.29 is 14.3 Å². The van der Waals surface area contributed by atoms with Crippen LogP contribution in [0.5, 0.6) is 0 Å². The Bertz CT molecular complexity index is 1140. The first-order valence-corrected chi connectivity index (χ1v) is 11.1. The molecule has 0 atom stereocenters. The molecular weight excluding hydrogens is 434 g/mol. The molecule has 2 N–H and O–H groups in total. The smallest absolute Gasteiger partial charge is 0.228 e. The van der Waals surface area contributed by atoms with Gasteiger partial charge in [0.2, 0.25) is 11.7 Å². The maximum atomic E-state index is 12.7. The van der Waals surface area contributed by atoms with Gasteiger partial charge in [0.05, 0.1) is 10.4 Å². The van der Waals surface area contributed by atoms with Gasteiger partial charge in [0.15, 0.2) is 0 Å². The molecule has 0 radical (unpaired) electrons. The van der Waals surface area contributed by atoms with Gasteiger partial charge in [0.25, 0.3) is 0 Å². The number of carbonyl (C=O) groups excluding carboxylic acids is 2. The van der Waals surface area contributed by atoms with Crippen molar-refractivity contribution in [1.82, 2.24) is 9.78 Å². The summed E-state index contributed by atoms with van der Waals surface area (Å²) in [6.07, 6.45) is 2.73. The number of aromatic nitrogens is 2. The summed E-state index contributed by atoms with van der Waals surface area (Å²) in [6.45, 7) is 1.02. The standard InChI is InChI=1S/C23H22ClN3O3S/c1-27-19(7-10-26-27)21(28)15-5-6-20(18(24)13-15)31-17-4-2-3-16(14-17)23(22(25)29)8-11-30-12-9-23/h2-7,10,13-14H,8-9,11-12H2,1H3,(H2,25,29). The number of benzene rings is 2. The molecule has 0 saturated carbocycles. The quantitative estimate of drug-likeness (QED) is 0.568. The Morgan fingerprint density at radius 2 is 1.94 bits per heavy atom. The summed E-state index contributed by atoms with van der Waals surface area (Å²) in [7, 11) is 1.73. The Hall–Kier alpha value is -2.61. The highest BCUT2D eigenvalue weighted by Crippen LogP contribution is 2.39. The van der Waals surface area contributed by atoms with Crippen LogP contribution in [-0.4, -0.2) is 34.7 Å². The summed E-state index contributed by atoms with van der Waals surface area (Å²) in [4.78, 5) is 26.8. The molecular formula is C23H22ClN3O3S. The van der Waals surface area contributed by atoms with Gasteiger partial charge in [-0.3, -0.25) is 14.3 Å². The normalized spacial score (nSPS) is 15.5. The summed E-state index contributed by atoms with van der Waals surface area (Å²) < 4.78 is 6.98. The number of halogens is 1. The molecule has 2 heterocycles. The average Bonchev–Trinajstić information content (AvgIpc) is 3.21. The number of hydrogen-bond acceptors (Lipinski definition) is 5. The number of amides is 1. The number of nitrogens with two attached hydrogens (primary N) is 1. The van der Waals surface area contributed by atoms with Crippen molar-refractivity contribution in [1.29, 1.82) is 0 Å². The first-order valence-electron chi connectivity index (χ1n) is 9.89. The third-order valence-electron chi connectivity index (χ3n) is 5.68. The highest BCUT2D eigenvalue weighted by molar-refractivity contribution is 7.99. The predicted molar refractivity (Wildman–Crippen MR) is 120 cm³/mol. The van der Waals surface area contributed by atoms with E-state index in [0.717, 1.165) is 15.4 Å². The minimum absolute atomic E-state index is 0.136. The van der Waals surface area contributed by atoms with Gasteiger partial charge in [-0.2, -0.15) is 5.10 Å². The van der Waals surface area contributed by atoms with Crippen LogP contribution in [0.25, 0.3) is 0 Å². The highest BCUT2D eigenvalue weighted by Gasteiger charge is 2.40. The van der Waals surface area contributed by atoms with Crippen molar-refractivity contribution in [2.45, 2.75) is 28.0 Å². The maximum absolute atomic E-state index is 12.7. The second-order valence-corrected chi connectivity index (χ2v) is 9.03. The molecule has 1 aromatic heterocycles. The van der Waals surface area contributed by atoms with Crippen LogP contribution in [0.3, 0.4) is 0 Å². The van der Waals surface area contributed by atoms with Crippen LogP contribution in [0.15, 0.2) is 64.5 Å². The van der Waals surface area contributed by atoms with E-state index in [1.165, 1.54) is 16.4 Å². The van der Waals surface area contributed by atoms with E-state index in [2.05, 4.69) is 5.10 Å². The van der Waals surface area contributed by atoms with Gasteiger partial charge >= 0.3 is 0 Å². The molecule has 1 saturated heterocycles. The summed E-state index contributed by atoms with van der Waals surface area (Å²) in [5.41, 5.74) is 6.98. The zero-order valence-electron chi connectivity index (χ0n) is 17.0. The van der Waals surface area contributed by atoms with Crippen molar-refractivity contribution in [2.75, 3.05) is 13.2 Å². The first kappa shape index (κ1) is 21.6. The molecule has 1 fully saturated rings. The number of carbonyl (C=O) groups is 2. The van der Waals surface area contributed by atoms with E-state index in [0.29, 0.717) is 42.3 Å². The van der Waals surface area contributed by atoms with Crippen LogP contribution in [-0.2, 0) is 22.0 Å². The zero-order valence-corrected chi connectivity index (χ0v) is 18.6. The second kappa shape index (κ2) is 8.86. The second-order valence-electron chi connectivity index (χ2n) is 7.50. The van der Waals surface area contributed by atoms with Crippen molar-refractivity contribution in [3.63, 3.8) is 0 Å². The van der Waals surface area contributed by atoms with E-state index < -0.39 is 5.41 Å². The van der Waals surface area contributed by atoms with Crippen molar-refractivity contribution in [3.8, 4) is 0 Å². The number of primary amides is 1. The van der Waals surface area contributed by atoms with E-state index in [1.54, 1.807) is 31.4 Å². The summed E-state index contributed by atoms with van der Waals surface area (Å²) >= 11 is 7.98. The lowest BCUT2D eigenvalue weighted by atomic mass is 9.73. The Morgan fingerprint density at radius 1 is 1.16 bits per heavy atom. The molecule has 0 aliphatic carbocycles. The minimum atomic E-state index is -0.710. The van der Waals surface area contributed by atoms with Gasteiger partial charge in [-0.1, -0.05) is 35.5 Å². The zero-order chi connectivity index (χ0) is 22.0. The van der Waals surface area contributed by atoms with Gasteiger partial charge < -0.3 is 10.5 Å². The van der Waals surface area contributed by atoms with Crippen LogP contribution in [0, 0.1) is 0 Å². The number of rotatable bonds is 6. The lowest BCUT2D eigenvalue weighted by Gasteiger charge is -2.34. The lowest BCUT2D eigenvalue weighted by Crippen LogP contribution is -2.45. The fourth-order valence-corrected chi connectivity index (χ4v) is 5.03. The van der Waals surface area contributed by atoms with Crippen molar-refractivity contribution >= 4 is 35.1 Å². The molecule has 8 heteroatoms. The predicted octanol–water partition coefficient (Wildman–Crippen LogP) is 3.99. The molecule has 4 rings (SSSR count). The largest absolute Gasteiger partial charge is 0.381 e. The summed E-state index contributed by atoms with van der Waals surface area (Å²) in [6, 6.07) is 14.8. The third kappa shape index (κ3) is 4.26. The molecule has 2 aromatic carbocycles. The molecule has 3 aromatic rings. The molecule has 6 nitrogen and oxygen atoms in total. The van der Waals surface area contributed by atoms with Crippen molar-refractivity contribution in [3.05, 3.63) is 76.6 Å². The Balaban J connectivity index is 1.59. The van der Waals surface area contributed by atoms with Crippen LogP contribution >= 0.6 is 23.4 Å². The van der Waals surface area contributed by atoms with E-state index in [4.69, 9.17) is 22.1 Å². The van der Waals surface area contributed by atoms with Crippen molar-refractivity contribution in [2.24, 2.45) is 12.8 Å². The fraction of sp³-hybridized carbons (Fsp3) is 0.261. The van der Waals surface area contributed by atoms with E-state index in [9.17, 15) is 9.59 Å². The number of aryl methyl sites for hydroxylation is 1. The number of hydrogen-bond donors (Lipinski definition) is 1. The molecule has 1 aliphatic rings. The maximum Gasteiger partial charge on any atom is 0.228 e. The van der Waals surface area contributed by atoms with Crippen LogP contribution in [0.4, 0.5) is 0 Å². The SMILES string of the molecule is Cn1nccc1C(=O)c1ccc(Sc2cccc(C3(C(N)=O)CCOCC3)c2)c(Cl)c1. The molecule has 160 valence electrons. The summed E-state index contributed by atoms with van der Waals surface area (Å²) in [5, 5.41) is 4.53. The van der Waals surface area contributed by atoms with E-state index >= 15 is 0 Å². The van der Waals surface area contributed by atoms with Gasteiger partial charge in [0, 0.05) is 41.8 Å². The molecule has 1 amide bonds. The molecule has 31 heavy (non-hydrogen) atoms. The van der Waals surface area contributed by atoms with Crippen LogP contribution in [0.1, 0.15) is 34.5 Å². The Kier molecular flexibility index (Phi) is 6.18. The van der Waals surface area contributed by atoms with Gasteiger partial charge in [-0.05, 0) is 54.8 Å². The van der Waals surface area contributed by atoms with Gasteiger partial charge in [-0.25, -0.2) is 0 Å². The number of nitrogens with zero attached hydrogens (tertiary/aromatic N) is 2. The third-order valence-corrected chi connectivity index (χ3v) is 7.17. The summed E-state index contributed by atoms with van der Waals surface area (Å²) in [5.74, 6) is -0.461. The van der Waals surface area contributed by atoms with E-state index in [-0.39, 0.29) is 11.7 Å². The topological polar surface area (TPSA) is 87.2 Å². The molecule has 0 unspecified atom stereocenters. The first-order chi connectivity index (χ1) is 14.9.